The Morgan fingerprint density at radius 1 is 1.04 bits per heavy atom. The Labute approximate surface area is 166 Å². The van der Waals surface area contributed by atoms with Gasteiger partial charge in [0.1, 0.15) is 5.75 Å². The Bertz CT molecular complexity index is 973. The average Bonchev–Trinajstić information content (AvgIpc) is 3.16. The molecule has 28 heavy (non-hydrogen) atoms. The molecule has 0 amide bonds. The van der Waals surface area contributed by atoms with Gasteiger partial charge in [0.05, 0.1) is 42.1 Å². The highest BCUT2D eigenvalue weighted by Gasteiger charge is 2.56. The van der Waals surface area contributed by atoms with Crippen LogP contribution in [-0.2, 0) is 0 Å². The summed E-state index contributed by atoms with van der Waals surface area (Å²) in [4.78, 5) is 18.8. The predicted molar refractivity (Wildman–Crippen MR) is 103 cm³/mol. The number of hydrogen-bond acceptors (Lipinski definition) is 6. The van der Waals surface area contributed by atoms with Crippen molar-refractivity contribution >= 4 is 17.5 Å². The van der Waals surface area contributed by atoms with Gasteiger partial charge in [-0.05, 0) is 30.0 Å². The van der Waals surface area contributed by atoms with Gasteiger partial charge >= 0.3 is 0 Å². The average molecular weight is 398 g/mol. The zero-order valence-corrected chi connectivity index (χ0v) is 15.6. The maximum absolute atomic E-state index is 13.8. The minimum absolute atomic E-state index is 0.385. The van der Waals surface area contributed by atoms with Gasteiger partial charge in [-0.15, -0.1) is 0 Å². The lowest BCUT2D eigenvalue weighted by Gasteiger charge is -2.19. The van der Waals surface area contributed by atoms with Gasteiger partial charge in [0.15, 0.2) is 5.82 Å². The maximum Gasteiger partial charge on any atom is 0.225 e. The van der Waals surface area contributed by atoms with Crippen molar-refractivity contribution in [2.24, 2.45) is 17.8 Å². The molecule has 2 unspecified atom stereocenters. The lowest BCUT2D eigenvalue weighted by molar-refractivity contribution is 0.282. The van der Waals surface area contributed by atoms with Crippen LogP contribution in [-0.4, -0.2) is 39.6 Å². The normalized spacial score (nSPS) is 22.8. The zero-order chi connectivity index (χ0) is 19.1. The number of rotatable bonds is 5. The van der Waals surface area contributed by atoms with Gasteiger partial charge in [0.25, 0.3) is 0 Å². The van der Waals surface area contributed by atoms with Crippen LogP contribution in [0.3, 0.4) is 0 Å². The summed E-state index contributed by atoms with van der Waals surface area (Å²) in [6, 6.07) is 5.20. The lowest BCUT2D eigenvalue weighted by atomic mass is 10.2. The van der Waals surface area contributed by atoms with Gasteiger partial charge < -0.3 is 9.64 Å². The second-order valence-electron chi connectivity index (χ2n) is 7.14. The molecule has 8 heteroatoms. The number of nitrogens with zero attached hydrogens (tertiary/aromatic N) is 5. The Kier molecular flexibility index (Phi) is 4.31. The third-order valence-electron chi connectivity index (χ3n) is 5.49. The molecule has 0 bridgehead atoms. The van der Waals surface area contributed by atoms with E-state index < -0.39 is 0 Å². The molecular weight excluding hydrogens is 381 g/mol. The number of piperidine rings is 1. The van der Waals surface area contributed by atoms with E-state index in [1.54, 1.807) is 36.9 Å². The smallest absolute Gasteiger partial charge is 0.225 e. The second kappa shape index (κ2) is 6.98. The fourth-order valence-corrected chi connectivity index (χ4v) is 4.03. The summed E-state index contributed by atoms with van der Waals surface area (Å²) in [5.74, 6) is 2.81. The van der Waals surface area contributed by atoms with Crippen molar-refractivity contribution in [3.8, 4) is 17.0 Å². The number of halogens is 2. The molecule has 5 rings (SSSR count). The first-order valence-corrected chi connectivity index (χ1v) is 9.48. The molecule has 1 aliphatic carbocycles. The van der Waals surface area contributed by atoms with E-state index in [-0.39, 0.29) is 5.82 Å². The van der Waals surface area contributed by atoms with Crippen LogP contribution in [0.1, 0.15) is 0 Å². The summed E-state index contributed by atoms with van der Waals surface area (Å²) in [7, 11) is 0. The summed E-state index contributed by atoms with van der Waals surface area (Å²) in [6.07, 6.45) is 7.63. The highest BCUT2D eigenvalue weighted by atomic mass is 35.5. The number of ether oxygens (including phenoxy) is 1. The van der Waals surface area contributed by atoms with Gasteiger partial charge in [-0.1, -0.05) is 11.6 Å². The Morgan fingerprint density at radius 3 is 2.50 bits per heavy atom. The molecule has 2 fully saturated rings. The summed E-state index contributed by atoms with van der Waals surface area (Å²) in [5.41, 5.74) is 0.997. The fourth-order valence-electron chi connectivity index (χ4n) is 3.93. The third kappa shape index (κ3) is 3.26. The maximum atomic E-state index is 13.8. The van der Waals surface area contributed by atoms with E-state index in [1.165, 1.54) is 6.20 Å². The molecule has 4 heterocycles. The SMILES string of the molecule is Fc1cnccc1-c1ccc(OCC2C3CN(c4ncc(Cl)cn4)CC23)cn1. The highest BCUT2D eigenvalue weighted by molar-refractivity contribution is 6.30. The van der Waals surface area contributed by atoms with E-state index in [1.807, 2.05) is 6.07 Å². The molecule has 0 radical (unpaired) electrons. The zero-order valence-electron chi connectivity index (χ0n) is 14.9. The molecule has 0 N–H and O–H groups in total. The molecule has 0 spiro atoms. The number of hydrogen-bond donors (Lipinski definition) is 0. The monoisotopic (exact) mass is 397 g/mol. The lowest BCUT2D eigenvalue weighted by Crippen LogP contribution is -2.27. The molecule has 0 aromatic carbocycles. The van der Waals surface area contributed by atoms with Crippen LogP contribution in [0, 0.1) is 23.6 Å². The van der Waals surface area contributed by atoms with Crippen LogP contribution >= 0.6 is 11.6 Å². The molecule has 1 saturated carbocycles. The van der Waals surface area contributed by atoms with Crippen molar-refractivity contribution in [1.82, 2.24) is 19.9 Å². The summed E-state index contributed by atoms with van der Waals surface area (Å²) in [6.45, 7) is 2.55. The van der Waals surface area contributed by atoms with Crippen molar-refractivity contribution in [3.05, 3.63) is 60.0 Å². The number of aromatic nitrogens is 4. The van der Waals surface area contributed by atoms with Gasteiger partial charge in [-0.3, -0.25) is 9.97 Å². The Hall–Kier alpha value is -2.80. The quantitative estimate of drug-likeness (QED) is 0.656. The molecular formula is C20H17ClFN5O. The Balaban J connectivity index is 1.15. The molecule has 2 aliphatic rings. The van der Waals surface area contributed by atoms with Gasteiger partial charge in [0, 0.05) is 30.8 Å². The topological polar surface area (TPSA) is 64.0 Å². The van der Waals surface area contributed by atoms with Crippen LogP contribution in [0.25, 0.3) is 11.3 Å². The van der Waals surface area contributed by atoms with E-state index in [0.29, 0.717) is 46.4 Å². The van der Waals surface area contributed by atoms with E-state index in [0.717, 1.165) is 19.0 Å². The largest absolute Gasteiger partial charge is 0.492 e. The van der Waals surface area contributed by atoms with Gasteiger partial charge in [-0.2, -0.15) is 0 Å². The van der Waals surface area contributed by atoms with E-state index in [4.69, 9.17) is 16.3 Å². The van der Waals surface area contributed by atoms with Crippen LogP contribution in [0.2, 0.25) is 5.02 Å². The molecule has 1 saturated heterocycles. The molecule has 142 valence electrons. The third-order valence-corrected chi connectivity index (χ3v) is 5.68. The summed E-state index contributed by atoms with van der Waals surface area (Å²) in [5, 5.41) is 0.547. The van der Waals surface area contributed by atoms with Crippen molar-refractivity contribution in [2.75, 3.05) is 24.6 Å². The molecule has 1 aliphatic heterocycles. The van der Waals surface area contributed by atoms with Crippen LogP contribution in [0.4, 0.5) is 10.3 Å². The highest BCUT2D eigenvalue weighted by Crippen LogP contribution is 2.52. The predicted octanol–water partition coefficient (Wildman–Crippen LogP) is 3.49. The van der Waals surface area contributed by atoms with Crippen LogP contribution < -0.4 is 9.64 Å². The van der Waals surface area contributed by atoms with Crippen molar-refractivity contribution in [1.29, 1.82) is 0 Å². The number of fused-ring (bicyclic) bond motifs is 1. The number of anilines is 1. The molecule has 3 aromatic rings. The first kappa shape index (κ1) is 17.3. The molecule has 2 atom stereocenters. The van der Waals surface area contributed by atoms with Gasteiger partial charge in [-0.25, -0.2) is 14.4 Å². The molecule has 6 nitrogen and oxygen atoms in total. The Morgan fingerprint density at radius 2 is 1.82 bits per heavy atom. The first-order valence-electron chi connectivity index (χ1n) is 9.10. The van der Waals surface area contributed by atoms with Gasteiger partial charge in [0.2, 0.25) is 5.95 Å². The van der Waals surface area contributed by atoms with E-state index in [9.17, 15) is 4.39 Å². The summed E-state index contributed by atoms with van der Waals surface area (Å²) >= 11 is 5.84. The standard InChI is InChI=1S/C20H17ClFN5O/c21-12-5-25-20(26-6-12)27-9-15-16(10-27)17(15)11-28-13-1-2-19(24-7-13)14-3-4-23-8-18(14)22/h1-8,15-17H,9-11H2. The first-order chi connectivity index (χ1) is 13.7. The van der Waals surface area contributed by atoms with Crippen LogP contribution in [0.15, 0.2) is 49.2 Å². The minimum atomic E-state index is -0.385. The minimum Gasteiger partial charge on any atom is -0.492 e. The van der Waals surface area contributed by atoms with E-state index in [2.05, 4.69) is 24.8 Å². The second-order valence-corrected chi connectivity index (χ2v) is 7.58. The van der Waals surface area contributed by atoms with Crippen molar-refractivity contribution in [2.45, 2.75) is 0 Å². The van der Waals surface area contributed by atoms with Crippen molar-refractivity contribution in [3.63, 3.8) is 0 Å². The summed E-state index contributed by atoms with van der Waals surface area (Å²) < 4.78 is 19.7. The van der Waals surface area contributed by atoms with E-state index >= 15 is 0 Å². The van der Waals surface area contributed by atoms with Crippen LogP contribution in [0.5, 0.6) is 5.75 Å². The molecule has 3 aromatic heterocycles. The number of pyridine rings is 2. The van der Waals surface area contributed by atoms with Crippen molar-refractivity contribution < 1.29 is 9.13 Å². The fraction of sp³-hybridized carbons (Fsp3) is 0.300.